The van der Waals surface area contributed by atoms with Crippen molar-refractivity contribution in [2.45, 2.75) is 6.42 Å². The van der Waals surface area contributed by atoms with Gasteiger partial charge in [0, 0.05) is 23.8 Å². The Labute approximate surface area is 117 Å². The van der Waals surface area contributed by atoms with Crippen LogP contribution in [-0.4, -0.2) is 24.9 Å². The fourth-order valence-corrected chi connectivity index (χ4v) is 2.30. The highest BCUT2D eigenvalue weighted by Gasteiger charge is 2.37. The fourth-order valence-electron chi connectivity index (χ4n) is 2.12. The Morgan fingerprint density at radius 1 is 1.58 bits per heavy atom. The SMILES string of the molecule is C=CCNC(=O)C1CCN(c2cccc(Cl)c2)C1=O. The van der Waals surface area contributed by atoms with E-state index in [9.17, 15) is 9.59 Å². The number of hydrogen-bond donors (Lipinski definition) is 1. The average Bonchev–Trinajstić information content (AvgIpc) is 2.78. The minimum absolute atomic E-state index is 0.177. The van der Waals surface area contributed by atoms with Gasteiger partial charge in [-0.05, 0) is 24.6 Å². The normalized spacial score (nSPS) is 18.5. The molecule has 0 aliphatic carbocycles. The van der Waals surface area contributed by atoms with Gasteiger partial charge in [-0.2, -0.15) is 0 Å². The number of carbonyl (C=O) groups is 2. The molecule has 1 unspecified atom stereocenters. The van der Waals surface area contributed by atoms with E-state index in [2.05, 4.69) is 11.9 Å². The number of hydrogen-bond acceptors (Lipinski definition) is 2. The molecule has 0 bridgehead atoms. The molecule has 5 heteroatoms. The van der Waals surface area contributed by atoms with Crippen LogP contribution in [0.5, 0.6) is 0 Å². The molecule has 1 N–H and O–H groups in total. The predicted octanol–water partition coefficient (Wildman–Crippen LogP) is 2.00. The van der Waals surface area contributed by atoms with Gasteiger partial charge in [0.2, 0.25) is 11.8 Å². The molecule has 0 radical (unpaired) electrons. The van der Waals surface area contributed by atoms with Gasteiger partial charge in [-0.15, -0.1) is 6.58 Å². The van der Waals surface area contributed by atoms with Gasteiger partial charge < -0.3 is 10.2 Å². The van der Waals surface area contributed by atoms with Crippen LogP contribution in [0.15, 0.2) is 36.9 Å². The van der Waals surface area contributed by atoms with Gasteiger partial charge in [-0.3, -0.25) is 9.59 Å². The third-order valence-corrected chi connectivity index (χ3v) is 3.30. The second-order valence-electron chi connectivity index (χ2n) is 4.34. The van der Waals surface area contributed by atoms with Crippen LogP contribution in [0, 0.1) is 5.92 Å². The van der Waals surface area contributed by atoms with Crippen molar-refractivity contribution in [1.29, 1.82) is 0 Å². The third-order valence-electron chi connectivity index (χ3n) is 3.06. The summed E-state index contributed by atoms with van der Waals surface area (Å²) in [5.41, 5.74) is 0.733. The lowest BCUT2D eigenvalue weighted by Gasteiger charge is -2.16. The van der Waals surface area contributed by atoms with E-state index in [0.717, 1.165) is 5.69 Å². The molecular weight excluding hydrogens is 264 g/mol. The molecule has 1 heterocycles. The first-order valence-electron chi connectivity index (χ1n) is 6.09. The largest absolute Gasteiger partial charge is 0.352 e. The van der Waals surface area contributed by atoms with E-state index in [-0.39, 0.29) is 11.8 Å². The first kappa shape index (κ1) is 13.6. The topological polar surface area (TPSA) is 49.4 Å². The molecule has 0 spiro atoms. The number of anilines is 1. The summed E-state index contributed by atoms with van der Waals surface area (Å²) in [5, 5.41) is 3.23. The predicted molar refractivity (Wildman–Crippen MR) is 75.1 cm³/mol. The van der Waals surface area contributed by atoms with E-state index in [1.54, 1.807) is 29.2 Å². The van der Waals surface area contributed by atoms with Crippen molar-refractivity contribution in [3.8, 4) is 0 Å². The van der Waals surface area contributed by atoms with E-state index < -0.39 is 5.92 Å². The average molecular weight is 279 g/mol. The van der Waals surface area contributed by atoms with Crippen molar-refractivity contribution in [3.63, 3.8) is 0 Å². The molecular formula is C14H15ClN2O2. The summed E-state index contributed by atoms with van der Waals surface area (Å²) in [4.78, 5) is 25.6. The van der Waals surface area contributed by atoms with Gasteiger partial charge in [-0.25, -0.2) is 0 Å². The second kappa shape index (κ2) is 5.89. The summed E-state index contributed by atoms with van der Waals surface area (Å²) < 4.78 is 0. The molecule has 4 nitrogen and oxygen atoms in total. The van der Waals surface area contributed by atoms with Crippen LogP contribution in [0.2, 0.25) is 5.02 Å². The summed E-state index contributed by atoms with van der Waals surface area (Å²) in [5.74, 6) is -1.03. The van der Waals surface area contributed by atoms with Gasteiger partial charge in [-0.1, -0.05) is 23.7 Å². The molecule has 1 fully saturated rings. The Morgan fingerprint density at radius 3 is 3.05 bits per heavy atom. The first-order valence-corrected chi connectivity index (χ1v) is 6.47. The van der Waals surface area contributed by atoms with Crippen molar-refractivity contribution in [2.24, 2.45) is 5.92 Å². The molecule has 1 aromatic carbocycles. The smallest absolute Gasteiger partial charge is 0.239 e. The van der Waals surface area contributed by atoms with Gasteiger partial charge in [0.25, 0.3) is 0 Å². The summed E-state index contributed by atoms with van der Waals surface area (Å²) in [6.45, 7) is 4.43. The summed E-state index contributed by atoms with van der Waals surface area (Å²) in [6.07, 6.45) is 2.11. The molecule has 19 heavy (non-hydrogen) atoms. The molecule has 0 saturated carbocycles. The van der Waals surface area contributed by atoms with E-state index in [0.29, 0.717) is 24.5 Å². The van der Waals surface area contributed by atoms with Crippen LogP contribution in [0.1, 0.15) is 6.42 Å². The Morgan fingerprint density at radius 2 is 2.37 bits per heavy atom. The van der Waals surface area contributed by atoms with Crippen LogP contribution < -0.4 is 10.2 Å². The lowest BCUT2D eigenvalue weighted by Crippen LogP contribution is -2.36. The zero-order chi connectivity index (χ0) is 13.8. The highest BCUT2D eigenvalue weighted by atomic mass is 35.5. The second-order valence-corrected chi connectivity index (χ2v) is 4.78. The van der Waals surface area contributed by atoms with Gasteiger partial charge in [0.05, 0.1) is 0 Å². The van der Waals surface area contributed by atoms with Crippen molar-refractivity contribution in [1.82, 2.24) is 5.32 Å². The van der Waals surface area contributed by atoms with Crippen LogP contribution >= 0.6 is 11.6 Å². The molecule has 1 aliphatic rings. The zero-order valence-corrected chi connectivity index (χ0v) is 11.2. The number of benzene rings is 1. The first-order chi connectivity index (χ1) is 9.13. The van der Waals surface area contributed by atoms with Gasteiger partial charge >= 0.3 is 0 Å². The number of halogens is 1. The van der Waals surface area contributed by atoms with E-state index >= 15 is 0 Å². The molecule has 2 amide bonds. The van der Waals surface area contributed by atoms with E-state index in [4.69, 9.17) is 11.6 Å². The molecule has 100 valence electrons. The maximum atomic E-state index is 12.2. The molecule has 1 atom stereocenters. The number of nitrogens with one attached hydrogen (secondary N) is 1. The minimum Gasteiger partial charge on any atom is -0.352 e. The number of nitrogens with zero attached hydrogens (tertiary/aromatic N) is 1. The highest BCUT2D eigenvalue weighted by molar-refractivity contribution is 6.31. The van der Waals surface area contributed by atoms with Crippen molar-refractivity contribution >= 4 is 29.1 Å². The molecule has 1 aliphatic heterocycles. The standard InChI is InChI=1S/C14H15ClN2O2/c1-2-7-16-13(18)12-6-8-17(14(12)19)11-5-3-4-10(15)9-11/h2-5,9,12H,1,6-8H2,(H,16,18). The zero-order valence-electron chi connectivity index (χ0n) is 10.4. The number of rotatable bonds is 4. The lowest BCUT2D eigenvalue weighted by molar-refractivity contribution is -0.131. The van der Waals surface area contributed by atoms with Crippen LogP contribution in [0.25, 0.3) is 0 Å². The summed E-state index contributed by atoms with van der Waals surface area (Å²) in [6, 6.07) is 7.08. The maximum absolute atomic E-state index is 12.2. The van der Waals surface area contributed by atoms with Crippen LogP contribution in [-0.2, 0) is 9.59 Å². The minimum atomic E-state index is -0.612. The van der Waals surface area contributed by atoms with Gasteiger partial charge in [0.1, 0.15) is 5.92 Å². The Hall–Kier alpha value is -1.81. The number of carbonyl (C=O) groups excluding carboxylic acids is 2. The molecule has 0 aromatic heterocycles. The van der Waals surface area contributed by atoms with Crippen LogP contribution in [0.4, 0.5) is 5.69 Å². The maximum Gasteiger partial charge on any atom is 0.239 e. The lowest BCUT2D eigenvalue weighted by atomic mass is 10.1. The van der Waals surface area contributed by atoms with Crippen molar-refractivity contribution < 1.29 is 9.59 Å². The van der Waals surface area contributed by atoms with Gasteiger partial charge in [0.15, 0.2) is 0 Å². The quantitative estimate of drug-likeness (QED) is 0.676. The molecule has 2 rings (SSSR count). The van der Waals surface area contributed by atoms with E-state index in [1.807, 2.05) is 6.07 Å². The third kappa shape index (κ3) is 2.96. The Balaban J connectivity index is 2.09. The van der Waals surface area contributed by atoms with Crippen molar-refractivity contribution in [3.05, 3.63) is 41.9 Å². The monoisotopic (exact) mass is 278 g/mol. The van der Waals surface area contributed by atoms with Crippen LogP contribution in [0.3, 0.4) is 0 Å². The highest BCUT2D eigenvalue weighted by Crippen LogP contribution is 2.27. The van der Waals surface area contributed by atoms with E-state index in [1.165, 1.54) is 0 Å². The molecule has 1 saturated heterocycles. The summed E-state index contributed by atoms with van der Waals surface area (Å²) >= 11 is 5.91. The Bertz CT molecular complexity index is 516. The Kier molecular flexibility index (Phi) is 4.22. The fraction of sp³-hybridized carbons (Fsp3) is 0.286. The molecule has 1 aromatic rings. The number of amides is 2. The summed E-state index contributed by atoms with van der Waals surface area (Å²) in [7, 11) is 0. The van der Waals surface area contributed by atoms with Crippen molar-refractivity contribution in [2.75, 3.05) is 18.0 Å².